The summed E-state index contributed by atoms with van der Waals surface area (Å²) in [6.45, 7) is 4.97. The molecule has 18 heavy (non-hydrogen) atoms. The van der Waals surface area contributed by atoms with Crippen LogP contribution in [0.1, 0.15) is 29.2 Å². The molecule has 3 heteroatoms. The van der Waals surface area contributed by atoms with E-state index in [2.05, 4.69) is 31.0 Å². The van der Waals surface area contributed by atoms with Gasteiger partial charge >= 0.3 is 0 Å². The van der Waals surface area contributed by atoms with Crippen molar-refractivity contribution >= 4 is 0 Å². The molecule has 2 unspecified atom stereocenters. The molecule has 0 spiro atoms. The van der Waals surface area contributed by atoms with E-state index in [1.165, 1.54) is 23.1 Å². The number of hydrogen-bond acceptors (Lipinski definition) is 3. The quantitative estimate of drug-likeness (QED) is 0.866. The predicted octanol–water partition coefficient (Wildman–Crippen LogP) is 1.88. The zero-order chi connectivity index (χ0) is 12.7. The summed E-state index contributed by atoms with van der Waals surface area (Å²) in [5.41, 5.74) is 10.2. The third-order valence-corrected chi connectivity index (χ3v) is 4.44. The van der Waals surface area contributed by atoms with Gasteiger partial charge in [0.1, 0.15) is 5.75 Å². The number of likely N-dealkylation sites (tertiary alicyclic amines) is 1. The van der Waals surface area contributed by atoms with Crippen molar-refractivity contribution in [2.75, 3.05) is 26.7 Å². The van der Waals surface area contributed by atoms with Gasteiger partial charge in [0, 0.05) is 24.6 Å². The molecule has 98 valence electrons. The van der Waals surface area contributed by atoms with Gasteiger partial charge in [0.15, 0.2) is 0 Å². The monoisotopic (exact) mass is 246 g/mol. The maximum Gasteiger partial charge on any atom is 0.122 e. The van der Waals surface area contributed by atoms with Crippen molar-refractivity contribution in [1.29, 1.82) is 0 Å². The van der Waals surface area contributed by atoms with Gasteiger partial charge in [-0.1, -0.05) is 6.07 Å². The van der Waals surface area contributed by atoms with E-state index in [9.17, 15) is 0 Å². The maximum absolute atomic E-state index is 5.84. The van der Waals surface area contributed by atoms with Crippen LogP contribution in [0.25, 0.3) is 0 Å². The summed E-state index contributed by atoms with van der Waals surface area (Å²) < 4.78 is 5.70. The minimum absolute atomic E-state index is 0.523. The predicted molar refractivity (Wildman–Crippen MR) is 72.9 cm³/mol. The number of benzene rings is 1. The lowest BCUT2D eigenvalue weighted by Gasteiger charge is -2.23. The van der Waals surface area contributed by atoms with Crippen molar-refractivity contribution in [2.24, 2.45) is 11.7 Å². The van der Waals surface area contributed by atoms with E-state index in [4.69, 9.17) is 10.5 Å². The highest BCUT2D eigenvalue weighted by Gasteiger charge is 2.33. The molecule has 0 amide bonds. The van der Waals surface area contributed by atoms with E-state index >= 15 is 0 Å². The fraction of sp³-hybridized carbons (Fsp3) is 0.600. The Morgan fingerprint density at radius 2 is 2.28 bits per heavy atom. The van der Waals surface area contributed by atoms with Crippen molar-refractivity contribution in [3.63, 3.8) is 0 Å². The van der Waals surface area contributed by atoms with Gasteiger partial charge in [-0.2, -0.15) is 0 Å². The lowest BCUT2D eigenvalue weighted by atomic mass is 9.91. The summed E-state index contributed by atoms with van der Waals surface area (Å²) in [6, 6.07) is 4.84. The summed E-state index contributed by atoms with van der Waals surface area (Å²) in [5.74, 6) is 1.73. The number of nitrogens with two attached hydrogens (primary N) is 1. The van der Waals surface area contributed by atoms with E-state index < -0.39 is 0 Å². The van der Waals surface area contributed by atoms with Gasteiger partial charge in [-0.3, -0.25) is 4.90 Å². The average molecular weight is 246 g/mol. The topological polar surface area (TPSA) is 38.5 Å². The molecule has 1 saturated heterocycles. The van der Waals surface area contributed by atoms with Crippen LogP contribution in [0.15, 0.2) is 12.1 Å². The van der Waals surface area contributed by atoms with Crippen molar-refractivity contribution in [3.05, 3.63) is 28.8 Å². The first kappa shape index (κ1) is 12.0. The highest BCUT2D eigenvalue weighted by atomic mass is 16.5. The summed E-state index contributed by atoms with van der Waals surface area (Å²) in [6.07, 6.45) is 2.24. The van der Waals surface area contributed by atoms with Crippen LogP contribution < -0.4 is 10.5 Å². The zero-order valence-electron chi connectivity index (χ0n) is 11.3. The first-order valence-corrected chi connectivity index (χ1v) is 6.86. The zero-order valence-corrected chi connectivity index (χ0v) is 11.3. The molecule has 0 aromatic heterocycles. The number of fused-ring (bicyclic) bond motifs is 1. The molecule has 0 radical (unpaired) electrons. The molecule has 2 aliphatic rings. The molecule has 2 heterocycles. The second kappa shape index (κ2) is 4.56. The SMILES string of the molecule is Cc1ccc2c(c1C1CC(CN)CN1C)CCO2. The largest absolute Gasteiger partial charge is 0.493 e. The molecule has 1 aromatic rings. The van der Waals surface area contributed by atoms with Gasteiger partial charge < -0.3 is 10.5 Å². The molecule has 2 aliphatic heterocycles. The Morgan fingerprint density at radius 1 is 1.44 bits per heavy atom. The molecule has 1 fully saturated rings. The molecule has 1 aromatic carbocycles. The van der Waals surface area contributed by atoms with Crippen molar-refractivity contribution in [1.82, 2.24) is 4.90 Å². The van der Waals surface area contributed by atoms with E-state index in [0.717, 1.165) is 31.9 Å². The van der Waals surface area contributed by atoms with Crippen molar-refractivity contribution in [3.8, 4) is 5.75 Å². The van der Waals surface area contributed by atoms with Crippen molar-refractivity contribution < 1.29 is 4.74 Å². The van der Waals surface area contributed by atoms with Gasteiger partial charge in [-0.25, -0.2) is 0 Å². The van der Waals surface area contributed by atoms with E-state index in [-0.39, 0.29) is 0 Å². The number of aryl methyl sites for hydroxylation is 1. The number of hydrogen-bond donors (Lipinski definition) is 1. The highest BCUT2D eigenvalue weighted by Crippen LogP contribution is 2.41. The molecule has 3 nitrogen and oxygen atoms in total. The van der Waals surface area contributed by atoms with E-state index in [0.29, 0.717) is 12.0 Å². The van der Waals surface area contributed by atoms with Crippen LogP contribution >= 0.6 is 0 Å². The second-order valence-electron chi connectivity index (χ2n) is 5.66. The molecule has 3 rings (SSSR count). The molecule has 0 bridgehead atoms. The lowest BCUT2D eigenvalue weighted by molar-refractivity contribution is 0.311. The maximum atomic E-state index is 5.84. The summed E-state index contributed by atoms with van der Waals surface area (Å²) >= 11 is 0. The van der Waals surface area contributed by atoms with Crippen LogP contribution in [0.3, 0.4) is 0 Å². The fourth-order valence-corrected chi connectivity index (χ4v) is 3.50. The molecule has 0 saturated carbocycles. The van der Waals surface area contributed by atoms with Crippen LogP contribution in [0.4, 0.5) is 0 Å². The standard InChI is InChI=1S/C15H22N2O/c1-10-3-4-14-12(5-6-18-14)15(10)13-7-11(8-16)9-17(13)2/h3-4,11,13H,5-9,16H2,1-2H3. The number of ether oxygens (including phenoxy) is 1. The third-order valence-electron chi connectivity index (χ3n) is 4.44. The fourth-order valence-electron chi connectivity index (χ4n) is 3.50. The van der Waals surface area contributed by atoms with Gasteiger partial charge in [0.2, 0.25) is 0 Å². The molecular weight excluding hydrogens is 224 g/mol. The van der Waals surface area contributed by atoms with Crippen LogP contribution in [0.2, 0.25) is 0 Å². The van der Waals surface area contributed by atoms with Crippen LogP contribution in [0.5, 0.6) is 5.75 Å². The normalized spacial score (nSPS) is 27.3. The average Bonchev–Trinajstić information content (AvgIpc) is 2.96. The third kappa shape index (κ3) is 1.82. The number of rotatable bonds is 2. The number of nitrogens with zero attached hydrogens (tertiary/aromatic N) is 1. The van der Waals surface area contributed by atoms with Gasteiger partial charge in [0.05, 0.1) is 6.61 Å². The Bertz CT molecular complexity index is 458. The van der Waals surface area contributed by atoms with E-state index in [1.54, 1.807) is 0 Å². The Balaban J connectivity index is 1.99. The Labute approximate surface area is 109 Å². The van der Waals surface area contributed by atoms with Gasteiger partial charge in [-0.05, 0) is 50.0 Å². The smallest absolute Gasteiger partial charge is 0.122 e. The van der Waals surface area contributed by atoms with Crippen molar-refractivity contribution in [2.45, 2.75) is 25.8 Å². The molecular formula is C15H22N2O. The van der Waals surface area contributed by atoms with Crippen LogP contribution in [-0.2, 0) is 6.42 Å². The van der Waals surface area contributed by atoms with E-state index in [1.807, 2.05) is 0 Å². The van der Waals surface area contributed by atoms with Gasteiger partial charge in [0.25, 0.3) is 0 Å². The lowest BCUT2D eigenvalue weighted by Crippen LogP contribution is -2.21. The molecule has 2 N–H and O–H groups in total. The molecule has 0 aliphatic carbocycles. The minimum atomic E-state index is 0.523. The Hall–Kier alpha value is -1.06. The second-order valence-corrected chi connectivity index (χ2v) is 5.66. The summed E-state index contributed by atoms with van der Waals surface area (Å²) in [4.78, 5) is 2.46. The minimum Gasteiger partial charge on any atom is -0.493 e. The first-order chi connectivity index (χ1) is 8.70. The van der Waals surface area contributed by atoms with Crippen LogP contribution in [0, 0.1) is 12.8 Å². The van der Waals surface area contributed by atoms with Crippen LogP contribution in [-0.4, -0.2) is 31.6 Å². The molecule has 2 atom stereocenters. The van der Waals surface area contributed by atoms with Gasteiger partial charge in [-0.15, -0.1) is 0 Å². The highest BCUT2D eigenvalue weighted by molar-refractivity contribution is 5.48. The first-order valence-electron chi connectivity index (χ1n) is 6.86. The Morgan fingerprint density at radius 3 is 3.00 bits per heavy atom. The Kier molecular flexibility index (Phi) is 3.04. The summed E-state index contributed by atoms with van der Waals surface area (Å²) in [7, 11) is 2.22. The summed E-state index contributed by atoms with van der Waals surface area (Å²) in [5, 5.41) is 0.